The Morgan fingerprint density at radius 1 is 1.62 bits per heavy atom. The van der Waals surface area contributed by atoms with Crippen LogP contribution in [0.25, 0.3) is 0 Å². The third-order valence-corrected chi connectivity index (χ3v) is 2.63. The molecule has 1 N–H and O–H groups in total. The average molecular weight is 199 g/mol. The van der Waals surface area contributed by atoms with Crippen LogP contribution in [0.15, 0.2) is 23.0 Å². The summed E-state index contributed by atoms with van der Waals surface area (Å²) in [6.07, 6.45) is 6.86. The van der Waals surface area contributed by atoms with E-state index in [1.807, 2.05) is 17.8 Å². The predicted octanol–water partition coefficient (Wildman–Crippen LogP) is 2.51. The fourth-order valence-electron chi connectivity index (χ4n) is 1.08. The van der Waals surface area contributed by atoms with Gasteiger partial charge < -0.3 is 9.73 Å². The molecule has 3 heteroatoms. The molecule has 1 aromatic rings. The molecule has 1 aromatic heterocycles. The van der Waals surface area contributed by atoms with E-state index >= 15 is 0 Å². The number of nitrogens with one attached hydrogen (secondary N) is 1. The van der Waals surface area contributed by atoms with Gasteiger partial charge >= 0.3 is 0 Å². The molecule has 0 spiro atoms. The fourth-order valence-corrected chi connectivity index (χ4v) is 1.67. The molecule has 1 atom stereocenters. The number of thioether (sulfide) groups is 1. The maximum absolute atomic E-state index is 4.98. The smallest absolute Gasteiger partial charge is 0.0947 e. The predicted molar refractivity (Wildman–Crippen MR) is 58.0 cm³/mol. The molecule has 0 aliphatic heterocycles. The first kappa shape index (κ1) is 10.7. The van der Waals surface area contributed by atoms with E-state index < -0.39 is 0 Å². The van der Waals surface area contributed by atoms with Gasteiger partial charge in [0.25, 0.3) is 0 Å². The van der Waals surface area contributed by atoms with Crippen molar-refractivity contribution in [3.8, 4) is 0 Å². The van der Waals surface area contributed by atoms with Crippen LogP contribution in [0.2, 0.25) is 0 Å². The molecule has 2 nitrogen and oxygen atoms in total. The lowest BCUT2D eigenvalue weighted by Crippen LogP contribution is -2.25. The first-order valence-electron chi connectivity index (χ1n) is 4.56. The Morgan fingerprint density at radius 3 is 3.08 bits per heavy atom. The van der Waals surface area contributed by atoms with Crippen molar-refractivity contribution < 1.29 is 4.42 Å². The van der Waals surface area contributed by atoms with E-state index in [1.54, 1.807) is 12.5 Å². The van der Waals surface area contributed by atoms with E-state index in [2.05, 4.69) is 18.5 Å². The van der Waals surface area contributed by atoms with Crippen LogP contribution in [0, 0.1) is 0 Å². The lowest BCUT2D eigenvalue weighted by Gasteiger charge is -2.11. The maximum atomic E-state index is 4.98. The first-order valence-corrected chi connectivity index (χ1v) is 5.95. The van der Waals surface area contributed by atoms with Crippen LogP contribution < -0.4 is 5.32 Å². The zero-order chi connectivity index (χ0) is 9.52. The Labute approximate surface area is 84.1 Å². The summed E-state index contributed by atoms with van der Waals surface area (Å²) in [7, 11) is 0. The molecule has 1 heterocycles. The van der Waals surface area contributed by atoms with Crippen molar-refractivity contribution in [1.82, 2.24) is 5.32 Å². The normalized spacial score (nSPS) is 13.1. The minimum Gasteiger partial charge on any atom is -0.472 e. The van der Waals surface area contributed by atoms with Crippen molar-refractivity contribution in [2.45, 2.75) is 25.9 Å². The van der Waals surface area contributed by atoms with Gasteiger partial charge in [-0.05, 0) is 31.4 Å². The Hall–Kier alpha value is -0.410. The largest absolute Gasteiger partial charge is 0.472 e. The SMILES string of the molecule is CSCCC(C)NCc1ccoc1. The minimum absolute atomic E-state index is 0.586. The van der Waals surface area contributed by atoms with E-state index in [0.29, 0.717) is 6.04 Å². The molecule has 0 amide bonds. The van der Waals surface area contributed by atoms with Crippen molar-refractivity contribution in [1.29, 1.82) is 0 Å². The van der Waals surface area contributed by atoms with E-state index in [1.165, 1.54) is 17.7 Å². The zero-order valence-electron chi connectivity index (χ0n) is 8.25. The van der Waals surface area contributed by atoms with Crippen LogP contribution in [0.4, 0.5) is 0 Å². The van der Waals surface area contributed by atoms with E-state index in [9.17, 15) is 0 Å². The van der Waals surface area contributed by atoms with Crippen molar-refractivity contribution in [3.05, 3.63) is 24.2 Å². The fraction of sp³-hybridized carbons (Fsp3) is 0.600. The van der Waals surface area contributed by atoms with Gasteiger partial charge in [-0.3, -0.25) is 0 Å². The number of rotatable bonds is 6. The summed E-state index contributed by atoms with van der Waals surface area (Å²) in [6.45, 7) is 3.13. The monoisotopic (exact) mass is 199 g/mol. The Bertz CT molecular complexity index is 211. The number of hydrogen-bond acceptors (Lipinski definition) is 3. The van der Waals surface area contributed by atoms with Crippen LogP contribution in [0.1, 0.15) is 18.9 Å². The molecule has 1 unspecified atom stereocenters. The highest BCUT2D eigenvalue weighted by atomic mass is 32.2. The third-order valence-electron chi connectivity index (χ3n) is 1.99. The lowest BCUT2D eigenvalue weighted by atomic mass is 10.2. The van der Waals surface area contributed by atoms with Crippen molar-refractivity contribution in [2.75, 3.05) is 12.0 Å². The summed E-state index contributed by atoms with van der Waals surface area (Å²) in [5, 5.41) is 3.45. The number of hydrogen-bond donors (Lipinski definition) is 1. The molecular weight excluding hydrogens is 182 g/mol. The molecule has 0 fully saturated rings. The van der Waals surface area contributed by atoms with Gasteiger partial charge in [0.15, 0.2) is 0 Å². The van der Waals surface area contributed by atoms with Crippen molar-refractivity contribution >= 4 is 11.8 Å². The molecule has 1 rings (SSSR count). The Balaban J connectivity index is 2.11. The van der Waals surface area contributed by atoms with Gasteiger partial charge in [0.1, 0.15) is 0 Å². The van der Waals surface area contributed by atoms with E-state index in [-0.39, 0.29) is 0 Å². The van der Waals surface area contributed by atoms with E-state index in [4.69, 9.17) is 4.42 Å². The molecule has 0 saturated heterocycles. The minimum atomic E-state index is 0.586. The highest BCUT2D eigenvalue weighted by Gasteiger charge is 2.00. The highest BCUT2D eigenvalue weighted by molar-refractivity contribution is 7.98. The Morgan fingerprint density at radius 2 is 2.46 bits per heavy atom. The topological polar surface area (TPSA) is 25.2 Å². The summed E-state index contributed by atoms with van der Waals surface area (Å²) in [4.78, 5) is 0. The summed E-state index contributed by atoms with van der Waals surface area (Å²) >= 11 is 1.89. The lowest BCUT2D eigenvalue weighted by molar-refractivity contribution is 0.527. The summed E-state index contributed by atoms with van der Waals surface area (Å²) in [6, 6.07) is 2.58. The molecule has 13 heavy (non-hydrogen) atoms. The van der Waals surface area contributed by atoms with Crippen LogP contribution in [-0.2, 0) is 6.54 Å². The van der Waals surface area contributed by atoms with Gasteiger partial charge in [0, 0.05) is 18.2 Å². The van der Waals surface area contributed by atoms with Crippen molar-refractivity contribution in [2.24, 2.45) is 0 Å². The van der Waals surface area contributed by atoms with Crippen LogP contribution in [0.5, 0.6) is 0 Å². The molecule has 0 aliphatic rings. The standard InChI is InChI=1S/C10H17NOS/c1-9(4-6-13-2)11-7-10-3-5-12-8-10/h3,5,8-9,11H,4,6-7H2,1-2H3. The summed E-state index contributed by atoms with van der Waals surface area (Å²) < 4.78 is 4.98. The van der Waals surface area contributed by atoms with Gasteiger partial charge in [-0.2, -0.15) is 11.8 Å². The van der Waals surface area contributed by atoms with Gasteiger partial charge in [0.05, 0.1) is 12.5 Å². The molecule has 0 saturated carbocycles. The molecule has 0 bridgehead atoms. The van der Waals surface area contributed by atoms with Crippen molar-refractivity contribution in [3.63, 3.8) is 0 Å². The third kappa shape index (κ3) is 4.39. The maximum Gasteiger partial charge on any atom is 0.0947 e. The second-order valence-electron chi connectivity index (χ2n) is 3.20. The first-order chi connectivity index (χ1) is 6.33. The number of furan rings is 1. The second kappa shape index (κ2) is 6.11. The highest BCUT2D eigenvalue weighted by Crippen LogP contribution is 2.03. The zero-order valence-corrected chi connectivity index (χ0v) is 9.06. The van der Waals surface area contributed by atoms with Gasteiger partial charge in [-0.25, -0.2) is 0 Å². The molecule has 0 aliphatic carbocycles. The molecule has 0 aromatic carbocycles. The summed E-state index contributed by atoms with van der Waals surface area (Å²) in [5.74, 6) is 1.22. The average Bonchev–Trinajstić information content (AvgIpc) is 2.64. The summed E-state index contributed by atoms with van der Waals surface area (Å²) in [5.41, 5.74) is 1.22. The van der Waals surface area contributed by atoms with Gasteiger partial charge in [-0.15, -0.1) is 0 Å². The second-order valence-corrected chi connectivity index (χ2v) is 4.18. The molecule has 0 radical (unpaired) electrons. The Kier molecular flexibility index (Phi) is 5.01. The van der Waals surface area contributed by atoms with E-state index in [0.717, 1.165) is 6.54 Å². The van der Waals surface area contributed by atoms with Crippen LogP contribution >= 0.6 is 11.8 Å². The van der Waals surface area contributed by atoms with Gasteiger partial charge in [-0.1, -0.05) is 0 Å². The van der Waals surface area contributed by atoms with Gasteiger partial charge in [0.2, 0.25) is 0 Å². The van der Waals surface area contributed by atoms with Crippen LogP contribution in [0.3, 0.4) is 0 Å². The van der Waals surface area contributed by atoms with Crippen LogP contribution in [-0.4, -0.2) is 18.1 Å². The molecular formula is C10H17NOS. The molecule has 74 valence electrons. The quantitative estimate of drug-likeness (QED) is 0.762.